The molecule has 0 saturated carbocycles. The molecule has 0 radical (unpaired) electrons. The van der Waals surface area contributed by atoms with Gasteiger partial charge in [0.2, 0.25) is 5.91 Å². The Morgan fingerprint density at radius 3 is 2.44 bits per heavy atom. The number of rotatable bonds is 9. The van der Waals surface area contributed by atoms with Crippen LogP contribution in [0.15, 0.2) is 47.6 Å². The molecule has 142 valence electrons. The van der Waals surface area contributed by atoms with Crippen LogP contribution in [0.5, 0.6) is 17.2 Å². The topological polar surface area (TPSA) is 106 Å². The summed E-state index contributed by atoms with van der Waals surface area (Å²) in [7, 11) is 3.02. The average molecular weight is 372 g/mol. The van der Waals surface area contributed by atoms with Gasteiger partial charge in [-0.25, -0.2) is 10.2 Å². The first-order valence-corrected chi connectivity index (χ1v) is 7.99. The highest BCUT2D eigenvalue weighted by molar-refractivity contribution is 5.84. The quantitative estimate of drug-likeness (QED) is 0.514. The third-order valence-corrected chi connectivity index (χ3v) is 3.47. The zero-order valence-corrected chi connectivity index (χ0v) is 15.0. The monoisotopic (exact) mass is 372 g/mol. The normalized spacial score (nSPS) is 10.4. The van der Waals surface area contributed by atoms with Crippen LogP contribution in [0.2, 0.25) is 0 Å². The molecular weight excluding hydrogens is 352 g/mol. The smallest absolute Gasteiger partial charge is 0.341 e. The molecule has 0 bridgehead atoms. The van der Waals surface area contributed by atoms with E-state index >= 15 is 0 Å². The molecule has 0 saturated heterocycles. The van der Waals surface area contributed by atoms with Crippen LogP contribution < -0.4 is 19.6 Å². The fourth-order valence-corrected chi connectivity index (χ4v) is 2.17. The van der Waals surface area contributed by atoms with Crippen LogP contribution in [0.3, 0.4) is 0 Å². The van der Waals surface area contributed by atoms with Crippen molar-refractivity contribution < 1.29 is 28.9 Å². The molecule has 0 aliphatic carbocycles. The Labute approximate surface area is 156 Å². The second-order valence-electron chi connectivity index (χ2n) is 5.41. The number of hydrazone groups is 1. The summed E-state index contributed by atoms with van der Waals surface area (Å²) in [5.41, 5.74) is 3.94. The van der Waals surface area contributed by atoms with E-state index in [9.17, 15) is 9.59 Å². The molecule has 0 aliphatic heterocycles. The van der Waals surface area contributed by atoms with Crippen LogP contribution in [0.1, 0.15) is 11.1 Å². The van der Waals surface area contributed by atoms with E-state index in [4.69, 9.17) is 19.3 Å². The highest BCUT2D eigenvalue weighted by atomic mass is 16.5. The molecule has 0 unspecified atom stereocenters. The molecule has 2 aromatic rings. The zero-order chi connectivity index (χ0) is 19.6. The highest BCUT2D eigenvalue weighted by Crippen LogP contribution is 2.27. The Hall–Kier alpha value is -3.55. The second kappa shape index (κ2) is 9.81. The van der Waals surface area contributed by atoms with E-state index in [2.05, 4.69) is 10.5 Å². The van der Waals surface area contributed by atoms with Gasteiger partial charge < -0.3 is 19.3 Å². The zero-order valence-electron chi connectivity index (χ0n) is 15.0. The first-order chi connectivity index (χ1) is 13.0. The maximum Gasteiger partial charge on any atom is 0.341 e. The van der Waals surface area contributed by atoms with Crippen molar-refractivity contribution in [3.63, 3.8) is 0 Å². The van der Waals surface area contributed by atoms with Gasteiger partial charge in [0.15, 0.2) is 18.1 Å². The fourth-order valence-electron chi connectivity index (χ4n) is 2.17. The van der Waals surface area contributed by atoms with Gasteiger partial charge in [0.05, 0.1) is 26.9 Å². The van der Waals surface area contributed by atoms with Crippen LogP contribution in [0.4, 0.5) is 0 Å². The summed E-state index contributed by atoms with van der Waals surface area (Å²) in [5.74, 6) is 0.0549. The van der Waals surface area contributed by atoms with Gasteiger partial charge in [0.1, 0.15) is 5.75 Å². The molecule has 0 heterocycles. The lowest BCUT2D eigenvalue weighted by molar-refractivity contribution is -0.139. The fraction of sp³-hybridized carbons (Fsp3) is 0.211. The molecule has 8 nitrogen and oxygen atoms in total. The molecule has 8 heteroatoms. The number of ether oxygens (including phenoxy) is 3. The van der Waals surface area contributed by atoms with E-state index in [0.717, 1.165) is 11.3 Å². The standard InChI is InChI=1S/C19H20N2O6/c1-25-15-6-3-13(4-7-15)10-18(22)21-20-11-14-5-8-16(17(9-14)26-2)27-12-19(23)24/h3-9,11H,10,12H2,1-2H3,(H,21,22)(H,23,24)/b20-11+. The average Bonchev–Trinajstić information content (AvgIpc) is 2.67. The van der Waals surface area contributed by atoms with E-state index in [1.807, 2.05) is 12.1 Å². The van der Waals surface area contributed by atoms with Gasteiger partial charge in [-0.15, -0.1) is 0 Å². The number of carboxylic acid groups (broad SMARTS) is 1. The first kappa shape index (κ1) is 19.8. The van der Waals surface area contributed by atoms with Gasteiger partial charge in [0.25, 0.3) is 0 Å². The van der Waals surface area contributed by atoms with E-state index in [0.29, 0.717) is 17.1 Å². The van der Waals surface area contributed by atoms with Gasteiger partial charge in [0, 0.05) is 0 Å². The molecule has 27 heavy (non-hydrogen) atoms. The Morgan fingerprint density at radius 1 is 1.07 bits per heavy atom. The van der Waals surface area contributed by atoms with Crippen LogP contribution >= 0.6 is 0 Å². The van der Waals surface area contributed by atoms with E-state index < -0.39 is 12.6 Å². The number of nitrogens with zero attached hydrogens (tertiary/aromatic N) is 1. The van der Waals surface area contributed by atoms with Crippen molar-refractivity contribution in [2.75, 3.05) is 20.8 Å². The second-order valence-corrected chi connectivity index (χ2v) is 5.41. The summed E-state index contributed by atoms with van der Waals surface area (Å²) in [6, 6.07) is 12.0. The van der Waals surface area contributed by atoms with Crippen LogP contribution in [0.25, 0.3) is 0 Å². The maximum atomic E-state index is 11.9. The predicted octanol–water partition coefficient (Wildman–Crippen LogP) is 1.86. The third kappa shape index (κ3) is 6.35. The summed E-state index contributed by atoms with van der Waals surface area (Å²) in [6.45, 7) is -0.467. The molecule has 2 N–H and O–H groups in total. The van der Waals surface area contributed by atoms with E-state index in [1.54, 1.807) is 37.4 Å². The number of benzene rings is 2. The van der Waals surface area contributed by atoms with Gasteiger partial charge in [-0.05, 0) is 41.5 Å². The minimum atomic E-state index is -1.08. The Bertz CT molecular complexity index is 817. The summed E-state index contributed by atoms with van der Waals surface area (Å²) in [4.78, 5) is 22.5. The number of amides is 1. The number of carbonyl (C=O) groups is 2. The van der Waals surface area contributed by atoms with Gasteiger partial charge >= 0.3 is 5.97 Å². The lowest BCUT2D eigenvalue weighted by Gasteiger charge is -2.09. The number of hydrogen-bond acceptors (Lipinski definition) is 6. The number of carboxylic acids is 1. The summed E-state index contributed by atoms with van der Waals surface area (Å²) in [6.07, 6.45) is 1.64. The minimum absolute atomic E-state index is 0.187. The SMILES string of the molecule is COc1ccc(CC(=O)N/N=C/c2ccc(OCC(=O)O)c(OC)c2)cc1. The van der Waals surface area contributed by atoms with Crippen molar-refractivity contribution in [3.8, 4) is 17.2 Å². The van der Waals surface area contributed by atoms with Crippen molar-refractivity contribution in [2.24, 2.45) is 5.10 Å². The number of nitrogens with one attached hydrogen (secondary N) is 1. The number of hydrogen-bond donors (Lipinski definition) is 2. The lowest BCUT2D eigenvalue weighted by Crippen LogP contribution is -2.19. The lowest BCUT2D eigenvalue weighted by atomic mass is 10.1. The largest absolute Gasteiger partial charge is 0.497 e. The Kier molecular flexibility index (Phi) is 7.18. The van der Waals surface area contributed by atoms with Crippen LogP contribution in [-0.2, 0) is 16.0 Å². The molecule has 0 atom stereocenters. The molecule has 0 aliphatic rings. The minimum Gasteiger partial charge on any atom is -0.497 e. The predicted molar refractivity (Wildman–Crippen MR) is 98.6 cm³/mol. The van der Waals surface area contributed by atoms with Gasteiger partial charge in [-0.3, -0.25) is 4.79 Å². The van der Waals surface area contributed by atoms with Crippen molar-refractivity contribution in [3.05, 3.63) is 53.6 Å². The molecule has 0 spiro atoms. The molecule has 2 aromatic carbocycles. The van der Waals surface area contributed by atoms with E-state index in [1.165, 1.54) is 13.3 Å². The number of aliphatic carboxylic acids is 1. The summed E-state index contributed by atoms with van der Waals surface area (Å²) >= 11 is 0. The molecule has 1 amide bonds. The summed E-state index contributed by atoms with van der Waals surface area (Å²) < 4.78 is 15.4. The highest BCUT2D eigenvalue weighted by Gasteiger charge is 2.07. The van der Waals surface area contributed by atoms with Crippen LogP contribution in [-0.4, -0.2) is 44.0 Å². The summed E-state index contributed by atoms with van der Waals surface area (Å²) in [5, 5.41) is 12.6. The first-order valence-electron chi connectivity index (χ1n) is 7.99. The van der Waals surface area contributed by atoms with Crippen molar-refractivity contribution in [1.29, 1.82) is 0 Å². The molecule has 2 rings (SSSR count). The van der Waals surface area contributed by atoms with E-state index in [-0.39, 0.29) is 12.3 Å². The van der Waals surface area contributed by atoms with Gasteiger partial charge in [-0.1, -0.05) is 12.1 Å². The maximum absolute atomic E-state index is 11.9. The Balaban J connectivity index is 1.92. The van der Waals surface area contributed by atoms with Crippen molar-refractivity contribution in [1.82, 2.24) is 5.43 Å². The number of carbonyl (C=O) groups excluding carboxylic acids is 1. The third-order valence-electron chi connectivity index (χ3n) is 3.47. The molecule has 0 aromatic heterocycles. The van der Waals surface area contributed by atoms with Crippen molar-refractivity contribution >= 4 is 18.1 Å². The number of methoxy groups -OCH3 is 2. The van der Waals surface area contributed by atoms with Gasteiger partial charge in [-0.2, -0.15) is 5.10 Å². The van der Waals surface area contributed by atoms with Crippen molar-refractivity contribution in [2.45, 2.75) is 6.42 Å². The Morgan fingerprint density at radius 2 is 1.81 bits per heavy atom. The molecular formula is C19H20N2O6. The van der Waals surface area contributed by atoms with Crippen LogP contribution in [0, 0.1) is 0 Å². The molecule has 0 fully saturated rings.